The molecular weight excluding hydrogens is 318 g/mol. The van der Waals surface area contributed by atoms with Gasteiger partial charge in [0.15, 0.2) is 5.69 Å². The van der Waals surface area contributed by atoms with Gasteiger partial charge in [-0.25, -0.2) is 4.68 Å². The summed E-state index contributed by atoms with van der Waals surface area (Å²) in [6.45, 7) is 4.33. The number of aromatic nitrogens is 3. The van der Waals surface area contributed by atoms with E-state index in [2.05, 4.69) is 15.6 Å². The molecule has 0 bridgehead atoms. The number of methoxy groups -OCH3 is 1. The van der Waals surface area contributed by atoms with E-state index < -0.39 is 0 Å². The number of rotatable bonds is 5. The monoisotopic (exact) mass is 343 g/mol. The first kappa shape index (κ1) is 17.4. The zero-order valence-corrected chi connectivity index (χ0v) is 15.0. The lowest BCUT2D eigenvalue weighted by molar-refractivity contribution is 0.0777. The topological polar surface area (TPSA) is 72.3 Å². The van der Waals surface area contributed by atoms with Crippen LogP contribution in [0.2, 0.25) is 0 Å². The van der Waals surface area contributed by atoms with Crippen molar-refractivity contribution < 1.29 is 9.53 Å². The molecule has 1 saturated heterocycles. The van der Waals surface area contributed by atoms with Gasteiger partial charge in [0.05, 0.1) is 18.8 Å². The number of nitrogens with zero attached hydrogens (tertiary/aromatic N) is 4. The van der Waals surface area contributed by atoms with Gasteiger partial charge >= 0.3 is 0 Å². The summed E-state index contributed by atoms with van der Waals surface area (Å²) in [6.07, 6.45) is 2.02. The van der Waals surface area contributed by atoms with E-state index in [0.717, 1.165) is 42.9 Å². The van der Waals surface area contributed by atoms with Crippen LogP contribution >= 0.6 is 0 Å². The van der Waals surface area contributed by atoms with Crippen LogP contribution in [0.25, 0.3) is 0 Å². The largest absolute Gasteiger partial charge is 0.496 e. The molecule has 0 aliphatic carbocycles. The summed E-state index contributed by atoms with van der Waals surface area (Å²) < 4.78 is 7.27. The van der Waals surface area contributed by atoms with Gasteiger partial charge in [-0.05, 0) is 38.9 Å². The van der Waals surface area contributed by atoms with Crippen molar-refractivity contribution in [2.45, 2.75) is 32.4 Å². The average molecular weight is 343 g/mol. The lowest BCUT2D eigenvalue weighted by Crippen LogP contribution is -2.30. The van der Waals surface area contributed by atoms with Crippen molar-refractivity contribution >= 4 is 5.91 Å². The van der Waals surface area contributed by atoms with Gasteiger partial charge in [0.2, 0.25) is 0 Å². The first-order valence-electron chi connectivity index (χ1n) is 8.61. The molecule has 1 N–H and O–H groups in total. The Bertz CT molecular complexity index is 737. The second kappa shape index (κ2) is 7.65. The number of benzene rings is 1. The minimum Gasteiger partial charge on any atom is -0.496 e. The maximum absolute atomic E-state index is 12.8. The Morgan fingerprint density at radius 1 is 1.36 bits per heavy atom. The Morgan fingerprint density at radius 3 is 2.80 bits per heavy atom. The molecule has 3 rings (SSSR count). The van der Waals surface area contributed by atoms with E-state index in [0.29, 0.717) is 18.3 Å². The average Bonchev–Trinajstić information content (AvgIpc) is 3.03. The van der Waals surface area contributed by atoms with Crippen molar-refractivity contribution in [2.75, 3.05) is 27.2 Å². The molecule has 7 nitrogen and oxygen atoms in total. The van der Waals surface area contributed by atoms with Gasteiger partial charge < -0.3 is 15.0 Å². The number of carbonyl (C=O) groups is 1. The predicted octanol–water partition coefficient (Wildman–Crippen LogP) is 1.79. The lowest BCUT2D eigenvalue weighted by atomic mass is 10.1. The Hall–Kier alpha value is -2.41. The molecule has 1 aromatic carbocycles. The molecule has 2 heterocycles. The number of hydrogen-bond donors (Lipinski definition) is 1. The smallest absolute Gasteiger partial charge is 0.276 e. The standard InChI is InChI=1S/C18H25N5O2/c1-13-17(20-21-23(13)15-8-10-19-11-9-15)18(24)22(2)12-14-6-4-5-7-16(14)25-3/h4-7,15,19H,8-12H2,1-3H3. The van der Waals surface area contributed by atoms with Crippen LogP contribution in [0.3, 0.4) is 0 Å². The molecular formula is C18H25N5O2. The summed E-state index contributed by atoms with van der Waals surface area (Å²) in [5, 5.41) is 11.8. The Morgan fingerprint density at radius 2 is 2.08 bits per heavy atom. The van der Waals surface area contributed by atoms with Crippen LogP contribution in [0, 0.1) is 6.92 Å². The molecule has 0 atom stereocenters. The normalized spacial score (nSPS) is 15.2. The van der Waals surface area contributed by atoms with E-state index in [1.807, 2.05) is 35.9 Å². The summed E-state index contributed by atoms with van der Waals surface area (Å²) in [6, 6.07) is 8.02. The molecule has 7 heteroatoms. The Kier molecular flexibility index (Phi) is 5.33. The number of piperidine rings is 1. The van der Waals surface area contributed by atoms with E-state index in [1.54, 1.807) is 19.1 Å². The van der Waals surface area contributed by atoms with Gasteiger partial charge in [-0.3, -0.25) is 4.79 Å². The van der Waals surface area contributed by atoms with Crippen LogP contribution in [0.4, 0.5) is 0 Å². The molecule has 2 aromatic rings. The van der Waals surface area contributed by atoms with E-state index >= 15 is 0 Å². The molecule has 1 amide bonds. The third-order valence-electron chi connectivity index (χ3n) is 4.73. The molecule has 1 fully saturated rings. The van der Waals surface area contributed by atoms with Crippen LogP contribution in [-0.2, 0) is 6.54 Å². The van der Waals surface area contributed by atoms with Crippen molar-refractivity contribution in [3.05, 3.63) is 41.2 Å². The van der Waals surface area contributed by atoms with E-state index in [1.165, 1.54) is 0 Å². The van der Waals surface area contributed by atoms with Crippen LogP contribution < -0.4 is 10.1 Å². The third kappa shape index (κ3) is 3.66. The SMILES string of the molecule is COc1ccccc1CN(C)C(=O)c1nnn(C2CCNCC2)c1C. The van der Waals surface area contributed by atoms with Crippen LogP contribution in [0.1, 0.15) is 40.6 Å². The predicted molar refractivity (Wildman–Crippen MR) is 94.7 cm³/mol. The van der Waals surface area contributed by atoms with E-state index in [4.69, 9.17) is 4.74 Å². The zero-order valence-electron chi connectivity index (χ0n) is 15.0. The number of amides is 1. The molecule has 1 aliphatic rings. The van der Waals surface area contributed by atoms with Crippen molar-refractivity contribution in [3.8, 4) is 5.75 Å². The highest BCUT2D eigenvalue weighted by Crippen LogP contribution is 2.22. The fourth-order valence-corrected chi connectivity index (χ4v) is 3.28. The van der Waals surface area contributed by atoms with Crippen LogP contribution in [0.15, 0.2) is 24.3 Å². The number of ether oxygens (including phenoxy) is 1. The van der Waals surface area contributed by atoms with Crippen molar-refractivity contribution in [1.82, 2.24) is 25.2 Å². The summed E-state index contributed by atoms with van der Waals surface area (Å²) in [7, 11) is 3.41. The molecule has 25 heavy (non-hydrogen) atoms. The number of carbonyl (C=O) groups excluding carboxylic acids is 1. The fourth-order valence-electron chi connectivity index (χ4n) is 3.28. The van der Waals surface area contributed by atoms with Gasteiger partial charge in [0.1, 0.15) is 5.75 Å². The highest BCUT2D eigenvalue weighted by atomic mass is 16.5. The van der Waals surface area contributed by atoms with Crippen molar-refractivity contribution in [3.63, 3.8) is 0 Å². The van der Waals surface area contributed by atoms with E-state index in [9.17, 15) is 4.79 Å². The minimum absolute atomic E-state index is 0.122. The third-order valence-corrected chi connectivity index (χ3v) is 4.73. The number of nitrogens with one attached hydrogen (secondary N) is 1. The Balaban J connectivity index is 1.75. The number of para-hydroxylation sites is 1. The first-order chi connectivity index (χ1) is 12.1. The van der Waals surface area contributed by atoms with Crippen LogP contribution in [0.5, 0.6) is 5.75 Å². The molecule has 1 aromatic heterocycles. The van der Waals surface area contributed by atoms with Crippen molar-refractivity contribution in [1.29, 1.82) is 0 Å². The molecule has 134 valence electrons. The summed E-state index contributed by atoms with van der Waals surface area (Å²) >= 11 is 0. The molecule has 0 radical (unpaired) electrons. The summed E-state index contributed by atoms with van der Waals surface area (Å²) in [5.41, 5.74) is 2.23. The lowest BCUT2D eigenvalue weighted by Gasteiger charge is -2.23. The molecule has 0 saturated carbocycles. The zero-order chi connectivity index (χ0) is 17.8. The molecule has 0 spiro atoms. The number of hydrogen-bond acceptors (Lipinski definition) is 5. The van der Waals surface area contributed by atoms with Gasteiger partial charge in [0, 0.05) is 19.2 Å². The minimum atomic E-state index is -0.122. The first-order valence-corrected chi connectivity index (χ1v) is 8.61. The van der Waals surface area contributed by atoms with Gasteiger partial charge in [-0.15, -0.1) is 5.10 Å². The quantitative estimate of drug-likeness (QED) is 0.896. The Labute approximate surface area is 148 Å². The molecule has 0 unspecified atom stereocenters. The molecule has 1 aliphatic heterocycles. The maximum Gasteiger partial charge on any atom is 0.276 e. The second-order valence-corrected chi connectivity index (χ2v) is 6.42. The maximum atomic E-state index is 12.8. The summed E-state index contributed by atoms with van der Waals surface area (Å²) in [4.78, 5) is 14.5. The highest BCUT2D eigenvalue weighted by Gasteiger charge is 2.25. The van der Waals surface area contributed by atoms with Gasteiger partial charge in [0.25, 0.3) is 5.91 Å². The van der Waals surface area contributed by atoms with Gasteiger partial charge in [-0.1, -0.05) is 23.4 Å². The van der Waals surface area contributed by atoms with Gasteiger partial charge in [-0.2, -0.15) is 0 Å². The summed E-state index contributed by atoms with van der Waals surface area (Å²) in [5.74, 6) is 0.654. The van der Waals surface area contributed by atoms with E-state index in [-0.39, 0.29) is 5.91 Å². The highest BCUT2D eigenvalue weighted by molar-refractivity contribution is 5.93. The fraction of sp³-hybridized carbons (Fsp3) is 0.500. The van der Waals surface area contributed by atoms with Crippen LogP contribution in [-0.4, -0.2) is 53.0 Å². The second-order valence-electron chi connectivity index (χ2n) is 6.42. The van der Waals surface area contributed by atoms with Crippen molar-refractivity contribution in [2.24, 2.45) is 0 Å².